The Balaban J connectivity index is -0.000000490. The maximum absolute atomic E-state index is 11.8. The van der Waals surface area contributed by atoms with Crippen molar-refractivity contribution in [1.29, 1.82) is 0 Å². The maximum atomic E-state index is 11.8. The smallest absolute Gasteiger partial charge is 0.333 e. The number of ether oxygens (including phenoxy) is 10. The Morgan fingerprint density at radius 1 is 0.537 bits per heavy atom. The lowest BCUT2D eigenvalue weighted by Gasteiger charge is -2.29. The number of hydrogen-bond acceptors (Lipinski definition) is 17. The molecule has 0 saturated carbocycles. The first-order valence-electron chi connectivity index (χ1n) is 23.7. The summed E-state index contributed by atoms with van der Waals surface area (Å²) < 4.78 is 55.7. The van der Waals surface area contributed by atoms with Crippen LogP contribution in [-0.2, 0) is 55.1 Å². The summed E-state index contributed by atoms with van der Waals surface area (Å²) in [7, 11) is 5.99. The highest BCUT2D eigenvalue weighted by atomic mass is 127. The van der Waals surface area contributed by atoms with Gasteiger partial charge in [0, 0.05) is 34.5 Å². The van der Waals surface area contributed by atoms with Gasteiger partial charge in [-0.25, -0.2) is 19.2 Å². The minimum absolute atomic E-state index is 0. The van der Waals surface area contributed by atoms with Gasteiger partial charge in [-0.3, -0.25) is 0 Å². The number of benzene rings is 4. The van der Waals surface area contributed by atoms with Crippen LogP contribution in [-0.4, -0.2) is 80.5 Å². The summed E-state index contributed by atoms with van der Waals surface area (Å²) in [4.78, 5) is 46.1. The van der Waals surface area contributed by atoms with Crippen molar-refractivity contribution in [3.05, 3.63) is 134 Å². The Kier molecular flexibility index (Phi) is 41.0. The van der Waals surface area contributed by atoms with Gasteiger partial charge >= 0.3 is 23.9 Å². The third-order valence-corrected chi connectivity index (χ3v) is 13.9. The average molecular weight is 1600 g/mol. The molecule has 0 saturated heterocycles. The summed E-state index contributed by atoms with van der Waals surface area (Å²) in [6.07, 6.45) is -0.639. The summed E-state index contributed by atoms with van der Waals surface area (Å²) in [5, 5.41) is 29.2. The number of aromatic hydroxyl groups is 3. The molecule has 0 spiro atoms. The van der Waals surface area contributed by atoms with Crippen LogP contribution >= 0.6 is 90.4 Å². The van der Waals surface area contributed by atoms with E-state index in [2.05, 4.69) is 48.9 Å². The van der Waals surface area contributed by atoms with Gasteiger partial charge in [0.1, 0.15) is 24.4 Å². The molecule has 4 unspecified atom stereocenters. The van der Waals surface area contributed by atoms with Crippen molar-refractivity contribution < 1.29 is 81.9 Å². The second-order valence-corrected chi connectivity index (χ2v) is 21.8. The molecule has 0 heterocycles. The predicted octanol–water partition coefficient (Wildman–Crippen LogP) is 16.3. The number of phenolic OH excluding ortho intramolecular Hbond substituents is 3. The van der Waals surface area contributed by atoms with E-state index in [9.17, 15) is 34.5 Å². The second-order valence-electron chi connectivity index (χ2n) is 17.1. The zero-order valence-electron chi connectivity index (χ0n) is 46.4. The minimum Gasteiger partial charge on any atom is -0.504 e. The van der Waals surface area contributed by atoms with Crippen molar-refractivity contribution in [3.63, 3.8) is 0 Å². The first-order valence-corrected chi connectivity index (χ1v) is 28.0. The number of halogens is 4. The quantitative estimate of drug-likeness (QED) is 0.0232. The van der Waals surface area contributed by atoms with Crippen molar-refractivity contribution in [2.45, 2.75) is 136 Å². The van der Waals surface area contributed by atoms with E-state index in [1.807, 2.05) is 102 Å². The monoisotopic (exact) mass is 1600 g/mol. The molecule has 4 aromatic rings. The zero-order valence-corrected chi connectivity index (χ0v) is 55.0. The fraction of sp³-hybridized carbons (Fsp3) is 0.410. The molecule has 0 aliphatic heterocycles. The summed E-state index contributed by atoms with van der Waals surface area (Å²) in [6, 6.07) is 13.9. The molecule has 0 aliphatic carbocycles. The van der Waals surface area contributed by atoms with Crippen LogP contribution in [0.1, 0.15) is 140 Å². The van der Waals surface area contributed by atoms with E-state index in [1.54, 1.807) is 91.1 Å². The molecule has 17 nitrogen and oxygen atoms in total. The first kappa shape index (κ1) is 83.5. The second kappa shape index (κ2) is 40.3. The van der Waals surface area contributed by atoms with Gasteiger partial charge < -0.3 is 62.7 Å². The van der Waals surface area contributed by atoms with E-state index < -0.39 is 41.7 Å². The number of esters is 4. The lowest BCUT2D eigenvalue weighted by Crippen LogP contribution is -2.29. The molecular formula is C61H86I4O17. The van der Waals surface area contributed by atoms with Crippen molar-refractivity contribution >= 4 is 114 Å². The van der Waals surface area contributed by atoms with E-state index in [4.69, 9.17) is 47.4 Å². The molecule has 4 aromatic carbocycles. The van der Waals surface area contributed by atoms with Crippen LogP contribution < -0.4 is 23.7 Å². The predicted molar refractivity (Wildman–Crippen MR) is 358 cm³/mol. The molecule has 0 radical (unpaired) electrons. The largest absolute Gasteiger partial charge is 0.504 e. The Bertz CT molecular complexity index is 2790. The summed E-state index contributed by atoms with van der Waals surface area (Å²) in [6.45, 7) is 32.3. The van der Waals surface area contributed by atoms with Crippen LogP contribution in [0.5, 0.6) is 46.0 Å². The van der Waals surface area contributed by atoms with Gasteiger partial charge in [0.2, 0.25) is 0 Å². The van der Waals surface area contributed by atoms with Gasteiger partial charge in [0.25, 0.3) is 0 Å². The van der Waals surface area contributed by atoms with Gasteiger partial charge in [0.05, 0.1) is 42.7 Å². The summed E-state index contributed by atoms with van der Waals surface area (Å²) in [5.74, 6) is 0.772. The topological polar surface area (TPSA) is 221 Å². The fourth-order valence-corrected chi connectivity index (χ4v) is 8.61. The Morgan fingerprint density at radius 2 is 0.915 bits per heavy atom. The molecule has 0 aliphatic rings. The average Bonchev–Trinajstić information content (AvgIpc) is 3.38. The molecule has 82 heavy (non-hydrogen) atoms. The van der Waals surface area contributed by atoms with Crippen molar-refractivity contribution in [2.24, 2.45) is 0 Å². The Labute approximate surface area is 542 Å². The van der Waals surface area contributed by atoms with Crippen LogP contribution in [0, 0.1) is 14.3 Å². The summed E-state index contributed by atoms with van der Waals surface area (Å²) in [5.41, 5.74) is 3.71. The number of carbonyl (C=O) groups is 4. The lowest BCUT2D eigenvalue weighted by atomic mass is 9.92. The van der Waals surface area contributed by atoms with E-state index in [0.29, 0.717) is 74.8 Å². The highest BCUT2D eigenvalue weighted by Gasteiger charge is 2.31. The van der Waals surface area contributed by atoms with Gasteiger partial charge in [-0.2, -0.15) is 0 Å². The molecule has 460 valence electrons. The normalized spacial score (nSPS) is 11.6. The third kappa shape index (κ3) is 26.3. The molecule has 0 amide bonds. The highest BCUT2D eigenvalue weighted by Crippen LogP contribution is 2.40. The molecule has 21 heteroatoms. The molecule has 0 bridgehead atoms. The standard InChI is InChI=1S/C17H23IO5.C15H19IO4.C13H15IO4.C12H13IO4.4CH4/c1-7-21-12(5)23-16-14(18)8-13(9-15(16)20-6)11(4)22-17(19)10(2)3;1-6-15(4,20-14(18)9(2)3)10-7-11(16)13(17)12(8-10)19-5;1-7(2)13(16)18-8(3)9-5-10(14)12(15)11(6-9)17-4;1-7(2)12(15)17-6-8-4-9(13)11(14)10(5-8)16-3;;;;/h8-9,11-12H,2,7H2,1,3-6H3;7-8,17H,2,6H2,1,3-5H3;5-6,8,15H,1H2,2-4H3;4-5,14H,1,6H2,2-3H3;4*1H4. The molecule has 4 rings (SSSR count). The first-order chi connectivity index (χ1) is 36.4. The van der Waals surface area contributed by atoms with Gasteiger partial charge in [-0.15, -0.1) is 0 Å². The maximum Gasteiger partial charge on any atom is 0.333 e. The Hall–Kier alpha value is -5.00. The van der Waals surface area contributed by atoms with Crippen molar-refractivity contribution in [1.82, 2.24) is 0 Å². The SMILES string of the molecule is C.C.C.C.C=C(C)C(=O)OC(C)(CC)c1cc(I)c(O)c(OC)c1.C=C(C)C(=O)OC(C)c1cc(I)c(O)c(OC)c1.C=C(C)C(=O)OC(C)c1cc(I)c(OC(C)OCC)c(OC)c1.C=C(C)C(=O)OCc1cc(I)c(O)c(OC)c1. The molecule has 0 fully saturated rings. The highest BCUT2D eigenvalue weighted by molar-refractivity contribution is 14.1. The third-order valence-electron chi connectivity index (χ3n) is 10.6. The lowest BCUT2D eigenvalue weighted by molar-refractivity contribution is -0.154. The molecular weight excluding hydrogens is 1510 g/mol. The molecule has 0 aromatic heterocycles. The zero-order chi connectivity index (χ0) is 59.9. The van der Waals surface area contributed by atoms with Crippen LogP contribution in [0.4, 0.5) is 0 Å². The van der Waals surface area contributed by atoms with E-state index in [-0.39, 0.29) is 59.9 Å². The number of phenols is 3. The number of hydrogen-bond donors (Lipinski definition) is 3. The van der Waals surface area contributed by atoms with Crippen LogP contribution in [0.2, 0.25) is 0 Å². The summed E-state index contributed by atoms with van der Waals surface area (Å²) >= 11 is 8.15. The fourth-order valence-electron chi connectivity index (χ4n) is 5.97. The van der Waals surface area contributed by atoms with Crippen LogP contribution in [0.3, 0.4) is 0 Å². The van der Waals surface area contributed by atoms with Gasteiger partial charge in [0.15, 0.2) is 52.3 Å². The van der Waals surface area contributed by atoms with E-state index >= 15 is 0 Å². The Morgan fingerprint density at radius 3 is 1.32 bits per heavy atom. The number of methoxy groups -OCH3 is 4. The van der Waals surface area contributed by atoms with E-state index in [1.165, 1.54) is 21.3 Å². The van der Waals surface area contributed by atoms with Crippen molar-refractivity contribution in [2.75, 3.05) is 35.0 Å². The van der Waals surface area contributed by atoms with Crippen LogP contribution in [0.15, 0.2) is 97.1 Å². The number of rotatable bonds is 21. The van der Waals surface area contributed by atoms with Crippen molar-refractivity contribution in [3.8, 4) is 46.0 Å². The van der Waals surface area contributed by atoms with Gasteiger partial charge in [-0.1, -0.05) is 62.9 Å². The molecule has 3 N–H and O–H groups in total. The van der Waals surface area contributed by atoms with E-state index in [0.717, 1.165) is 25.8 Å². The van der Waals surface area contributed by atoms with Crippen LogP contribution in [0.25, 0.3) is 0 Å². The molecule has 4 atom stereocenters. The van der Waals surface area contributed by atoms with Gasteiger partial charge in [-0.05, 0) is 224 Å². The minimum atomic E-state index is -0.795. The number of carbonyl (C=O) groups excluding carboxylic acids is 4.